The SMILES string of the molecule is Cc1ccc(/N=C2\C(=O)N(Cc3ccc4ccccc4c3)c3ccc(C(N)=O)cc32)cc1. The second kappa shape index (κ2) is 7.78. The average Bonchev–Trinajstić information content (AvgIpc) is 3.05. The van der Waals surface area contributed by atoms with E-state index in [1.54, 1.807) is 23.1 Å². The van der Waals surface area contributed by atoms with Gasteiger partial charge in [0.05, 0.1) is 17.9 Å². The van der Waals surface area contributed by atoms with Crippen LogP contribution in [0.2, 0.25) is 0 Å². The molecule has 0 spiro atoms. The third-order valence-electron chi connectivity index (χ3n) is 5.70. The van der Waals surface area contributed by atoms with E-state index in [-0.39, 0.29) is 5.91 Å². The number of anilines is 1. The molecule has 4 aromatic carbocycles. The fourth-order valence-corrected chi connectivity index (χ4v) is 4.00. The number of carbonyl (C=O) groups excluding carboxylic acids is 2. The van der Waals surface area contributed by atoms with E-state index in [1.165, 1.54) is 0 Å². The van der Waals surface area contributed by atoms with Gasteiger partial charge in [-0.2, -0.15) is 0 Å². The molecule has 1 heterocycles. The molecule has 5 nitrogen and oxygen atoms in total. The number of carbonyl (C=O) groups is 2. The Bertz CT molecular complexity index is 1400. The second-order valence-corrected chi connectivity index (χ2v) is 7.96. The van der Waals surface area contributed by atoms with Crippen LogP contribution in [0.5, 0.6) is 0 Å². The molecule has 2 amide bonds. The lowest BCUT2D eigenvalue weighted by molar-refractivity contribution is -0.112. The number of hydrogen-bond donors (Lipinski definition) is 1. The number of benzene rings is 4. The van der Waals surface area contributed by atoms with Crippen LogP contribution in [-0.4, -0.2) is 17.5 Å². The van der Waals surface area contributed by atoms with Gasteiger partial charge in [0.2, 0.25) is 5.91 Å². The highest BCUT2D eigenvalue weighted by atomic mass is 16.2. The molecule has 156 valence electrons. The fourth-order valence-electron chi connectivity index (χ4n) is 4.00. The highest BCUT2D eigenvalue weighted by molar-refractivity contribution is 6.54. The van der Waals surface area contributed by atoms with Gasteiger partial charge in [0.25, 0.3) is 5.91 Å². The van der Waals surface area contributed by atoms with Crippen LogP contribution in [0.25, 0.3) is 10.8 Å². The lowest BCUT2D eigenvalue weighted by atomic mass is 10.1. The Hall–Kier alpha value is -4.25. The first-order valence-electron chi connectivity index (χ1n) is 10.4. The van der Waals surface area contributed by atoms with Crippen molar-refractivity contribution in [1.29, 1.82) is 0 Å². The number of aliphatic imine (C=N–C) groups is 1. The molecular weight excluding hydrogens is 398 g/mol. The molecule has 0 fully saturated rings. The molecule has 0 bridgehead atoms. The number of hydrogen-bond acceptors (Lipinski definition) is 3. The van der Waals surface area contributed by atoms with Gasteiger partial charge < -0.3 is 10.6 Å². The molecule has 5 rings (SSSR count). The molecule has 0 aliphatic carbocycles. The minimum Gasteiger partial charge on any atom is -0.366 e. The normalized spacial score (nSPS) is 14.2. The number of rotatable bonds is 4. The molecule has 2 N–H and O–H groups in total. The molecular formula is C27H21N3O2. The third-order valence-corrected chi connectivity index (χ3v) is 5.70. The predicted molar refractivity (Wildman–Crippen MR) is 127 cm³/mol. The molecule has 0 saturated carbocycles. The molecule has 32 heavy (non-hydrogen) atoms. The highest BCUT2D eigenvalue weighted by Gasteiger charge is 2.34. The van der Waals surface area contributed by atoms with Crippen molar-refractivity contribution < 1.29 is 9.59 Å². The summed E-state index contributed by atoms with van der Waals surface area (Å²) in [5, 5.41) is 2.27. The molecule has 0 unspecified atom stereocenters. The van der Waals surface area contributed by atoms with E-state index in [0.717, 1.165) is 27.6 Å². The molecule has 0 aromatic heterocycles. The van der Waals surface area contributed by atoms with E-state index in [0.29, 0.717) is 29.1 Å². The Morgan fingerprint density at radius 2 is 1.66 bits per heavy atom. The number of fused-ring (bicyclic) bond motifs is 2. The Kier molecular flexibility index (Phi) is 4.79. The zero-order chi connectivity index (χ0) is 22.2. The molecule has 4 aromatic rings. The number of amides is 2. The fraction of sp³-hybridized carbons (Fsp3) is 0.0741. The summed E-state index contributed by atoms with van der Waals surface area (Å²) < 4.78 is 0. The van der Waals surface area contributed by atoms with E-state index >= 15 is 0 Å². The standard InChI is InChI=1S/C27H21N3O2/c1-17-6-11-22(12-7-17)29-25-23-15-21(26(28)31)10-13-24(23)30(27(25)32)16-18-8-9-19-4-2-3-5-20(19)14-18/h2-15H,16H2,1H3,(H2,28,31)/b29-25-. The van der Waals surface area contributed by atoms with Crippen molar-refractivity contribution in [2.24, 2.45) is 10.7 Å². The van der Waals surface area contributed by atoms with E-state index in [9.17, 15) is 9.59 Å². The third kappa shape index (κ3) is 3.54. The molecule has 0 radical (unpaired) electrons. The van der Waals surface area contributed by atoms with Crippen LogP contribution in [0, 0.1) is 6.92 Å². The topological polar surface area (TPSA) is 75.8 Å². The first kappa shape index (κ1) is 19.7. The molecule has 1 aliphatic rings. The number of nitrogens with zero attached hydrogens (tertiary/aromatic N) is 2. The summed E-state index contributed by atoms with van der Waals surface area (Å²) in [5.41, 5.74) is 10.3. The summed E-state index contributed by atoms with van der Waals surface area (Å²) in [6, 6.07) is 27.0. The van der Waals surface area contributed by atoms with E-state index < -0.39 is 5.91 Å². The maximum Gasteiger partial charge on any atom is 0.277 e. The Labute approximate surface area is 185 Å². The van der Waals surface area contributed by atoms with E-state index in [2.05, 4.69) is 29.3 Å². The second-order valence-electron chi connectivity index (χ2n) is 7.96. The largest absolute Gasteiger partial charge is 0.366 e. The van der Waals surface area contributed by atoms with E-state index in [4.69, 9.17) is 5.73 Å². The zero-order valence-electron chi connectivity index (χ0n) is 17.6. The highest BCUT2D eigenvalue weighted by Crippen LogP contribution is 2.33. The maximum atomic E-state index is 13.5. The van der Waals surface area contributed by atoms with E-state index in [1.807, 2.05) is 49.4 Å². The van der Waals surface area contributed by atoms with Crippen molar-refractivity contribution in [2.45, 2.75) is 13.5 Å². The first-order valence-corrected chi connectivity index (χ1v) is 10.4. The minimum atomic E-state index is -0.539. The Balaban J connectivity index is 1.58. The van der Waals surface area contributed by atoms with Gasteiger partial charge in [0.1, 0.15) is 5.71 Å². The van der Waals surface area contributed by atoms with Crippen LogP contribution >= 0.6 is 0 Å². The van der Waals surface area contributed by atoms with Gasteiger partial charge in [-0.25, -0.2) is 4.99 Å². The van der Waals surface area contributed by atoms with Gasteiger partial charge in [0.15, 0.2) is 0 Å². The molecule has 1 aliphatic heterocycles. The van der Waals surface area contributed by atoms with Crippen LogP contribution < -0.4 is 10.6 Å². The summed E-state index contributed by atoms with van der Waals surface area (Å²) in [6.07, 6.45) is 0. The van der Waals surface area contributed by atoms with Crippen molar-refractivity contribution in [2.75, 3.05) is 4.90 Å². The summed E-state index contributed by atoms with van der Waals surface area (Å²) >= 11 is 0. The van der Waals surface area contributed by atoms with Gasteiger partial charge >= 0.3 is 0 Å². The van der Waals surface area contributed by atoms with Crippen molar-refractivity contribution in [1.82, 2.24) is 0 Å². The van der Waals surface area contributed by atoms with Gasteiger partial charge in [0, 0.05) is 11.1 Å². The summed E-state index contributed by atoms with van der Waals surface area (Å²) in [4.78, 5) is 31.6. The quantitative estimate of drug-likeness (QED) is 0.510. The average molecular weight is 419 g/mol. The lowest BCUT2D eigenvalue weighted by Gasteiger charge is -2.17. The monoisotopic (exact) mass is 419 g/mol. The van der Waals surface area contributed by atoms with Gasteiger partial charge in [-0.1, -0.05) is 54.1 Å². The summed E-state index contributed by atoms with van der Waals surface area (Å²) in [7, 11) is 0. The smallest absolute Gasteiger partial charge is 0.277 e. The Morgan fingerprint density at radius 1 is 0.906 bits per heavy atom. The van der Waals surface area contributed by atoms with Gasteiger partial charge in [-0.3, -0.25) is 9.59 Å². The molecule has 0 atom stereocenters. The van der Waals surface area contributed by atoms with Crippen LogP contribution in [0.15, 0.2) is 89.9 Å². The van der Waals surface area contributed by atoms with Crippen molar-refractivity contribution in [3.63, 3.8) is 0 Å². The van der Waals surface area contributed by atoms with Crippen molar-refractivity contribution >= 4 is 39.7 Å². The van der Waals surface area contributed by atoms with Crippen LogP contribution in [0.4, 0.5) is 11.4 Å². The summed E-state index contributed by atoms with van der Waals surface area (Å²) in [5.74, 6) is -0.738. The zero-order valence-corrected chi connectivity index (χ0v) is 17.6. The van der Waals surface area contributed by atoms with Crippen LogP contribution in [0.1, 0.15) is 27.0 Å². The molecule has 0 saturated heterocycles. The maximum absolute atomic E-state index is 13.5. The summed E-state index contributed by atoms with van der Waals surface area (Å²) in [6.45, 7) is 2.40. The molecule has 5 heteroatoms. The van der Waals surface area contributed by atoms with Gasteiger partial charge in [-0.15, -0.1) is 0 Å². The number of aryl methyl sites for hydroxylation is 1. The first-order chi connectivity index (χ1) is 15.5. The van der Waals surface area contributed by atoms with Gasteiger partial charge in [-0.05, 0) is 59.7 Å². The van der Waals surface area contributed by atoms with Crippen LogP contribution in [-0.2, 0) is 11.3 Å². The lowest BCUT2D eigenvalue weighted by Crippen LogP contribution is -2.29. The van der Waals surface area contributed by atoms with Crippen molar-refractivity contribution in [3.8, 4) is 0 Å². The van der Waals surface area contributed by atoms with Crippen LogP contribution in [0.3, 0.4) is 0 Å². The van der Waals surface area contributed by atoms with Crippen molar-refractivity contribution in [3.05, 3.63) is 107 Å². The minimum absolute atomic E-state index is 0.199. The predicted octanol–water partition coefficient (Wildman–Crippen LogP) is 4.91. The Morgan fingerprint density at radius 3 is 2.41 bits per heavy atom. The number of primary amides is 1. The number of nitrogens with two attached hydrogens (primary N) is 1.